The molecule has 1 aliphatic rings. The molecule has 26 heavy (non-hydrogen) atoms. The van der Waals surface area contributed by atoms with E-state index in [9.17, 15) is 9.59 Å². The predicted octanol–water partition coefficient (Wildman–Crippen LogP) is 3.36. The van der Waals surface area contributed by atoms with E-state index in [1.54, 1.807) is 12.1 Å². The van der Waals surface area contributed by atoms with Gasteiger partial charge in [0.1, 0.15) is 0 Å². The topological polar surface area (TPSA) is 64.4 Å². The number of hydrogen-bond donors (Lipinski definition) is 0. The SMILES string of the molecule is CCN(C(=O)C1CCN(C(=O)C(C)C)CC1)C(C)c1ccc(C#N)cc1. The van der Waals surface area contributed by atoms with Gasteiger partial charge in [0.05, 0.1) is 17.7 Å². The Morgan fingerprint density at radius 1 is 1.19 bits per heavy atom. The summed E-state index contributed by atoms with van der Waals surface area (Å²) in [7, 11) is 0. The van der Waals surface area contributed by atoms with Gasteiger partial charge in [-0.25, -0.2) is 0 Å². The number of nitrogens with zero attached hydrogens (tertiary/aromatic N) is 3. The maximum atomic E-state index is 13.0. The summed E-state index contributed by atoms with van der Waals surface area (Å²) in [6.45, 7) is 9.82. The summed E-state index contributed by atoms with van der Waals surface area (Å²) in [6, 6.07) is 9.51. The third kappa shape index (κ3) is 4.43. The Bertz CT molecular complexity index is 667. The molecule has 2 rings (SSSR count). The molecule has 1 saturated heterocycles. The van der Waals surface area contributed by atoms with Crippen molar-refractivity contribution in [2.24, 2.45) is 11.8 Å². The molecule has 0 N–H and O–H groups in total. The summed E-state index contributed by atoms with van der Waals surface area (Å²) in [5.41, 5.74) is 1.66. The van der Waals surface area contributed by atoms with Crippen molar-refractivity contribution in [2.45, 2.75) is 46.6 Å². The monoisotopic (exact) mass is 355 g/mol. The average molecular weight is 355 g/mol. The number of benzene rings is 1. The van der Waals surface area contributed by atoms with E-state index < -0.39 is 0 Å². The molecule has 1 aromatic rings. The lowest BCUT2D eigenvalue weighted by molar-refractivity contribution is -0.143. The van der Waals surface area contributed by atoms with Gasteiger partial charge >= 0.3 is 0 Å². The zero-order valence-electron chi connectivity index (χ0n) is 16.2. The standard InChI is InChI=1S/C21H29N3O2/c1-5-24(16(4)18-8-6-17(14-22)7-9-18)21(26)19-10-12-23(13-11-19)20(25)15(2)3/h6-9,15-16,19H,5,10-13H2,1-4H3. The molecule has 140 valence electrons. The van der Waals surface area contributed by atoms with Gasteiger partial charge in [0, 0.05) is 31.5 Å². The van der Waals surface area contributed by atoms with Crippen molar-refractivity contribution in [2.75, 3.05) is 19.6 Å². The van der Waals surface area contributed by atoms with E-state index in [2.05, 4.69) is 6.07 Å². The van der Waals surface area contributed by atoms with Gasteiger partial charge in [-0.15, -0.1) is 0 Å². The van der Waals surface area contributed by atoms with Crippen molar-refractivity contribution < 1.29 is 9.59 Å². The van der Waals surface area contributed by atoms with Crippen molar-refractivity contribution in [1.82, 2.24) is 9.80 Å². The van der Waals surface area contributed by atoms with Crippen LogP contribution in [0.2, 0.25) is 0 Å². The van der Waals surface area contributed by atoms with Gasteiger partial charge in [0.15, 0.2) is 0 Å². The number of piperidine rings is 1. The Morgan fingerprint density at radius 2 is 1.77 bits per heavy atom. The summed E-state index contributed by atoms with van der Waals surface area (Å²) in [6.07, 6.45) is 1.46. The number of nitriles is 1. The highest BCUT2D eigenvalue weighted by molar-refractivity contribution is 5.81. The second-order valence-corrected chi connectivity index (χ2v) is 7.29. The van der Waals surface area contributed by atoms with Crippen LogP contribution in [0.4, 0.5) is 0 Å². The second kappa shape index (κ2) is 8.84. The lowest BCUT2D eigenvalue weighted by Crippen LogP contribution is -2.46. The van der Waals surface area contributed by atoms with Gasteiger partial charge in [-0.3, -0.25) is 9.59 Å². The molecule has 5 heteroatoms. The Labute approximate surface area is 156 Å². The largest absolute Gasteiger partial charge is 0.342 e. The van der Waals surface area contributed by atoms with E-state index in [4.69, 9.17) is 5.26 Å². The number of amides is 2. The normalized spacial score (nSPS) is 16.2. The van der Waals surface area contributed by atoms with Crippen molar-refractivity contribution in [3.8, 4) is 6.07 Å². The molecule has 1 unspecified atom stereocenters. The summed E-state index contributed by atoms with van der Waals surface area (Å²) in [5.74, 6) is 0.327. The van der Waals surface area contributed by atoms with Crippen LogP contribution in [0.15, 0.2) is 24.3 Å². The van der Waals surface area contributed by atoms with Crippen molar-refractivity contribution in [3.63, 3.8) is 0 Å². The molecular formula is C21H29N3O2. The number of carbonyl (C=O) groups is 2. The minimum absolute atomic E-state index is 0.00537. The predicted molar refractivity (Wildman–Crippen MR) is 101 cm³/mol. The van der Waals surface area contributed by atoms with Crippen LogP contribution in [0.3, 0.4) is 0 Å². The molecule has 5 nitrogen and oxygen atoms in total. The first-order valence-electron chi connectivity index (χ1n) is 9.48. The Balaban J connectivity index is 2.02. The lowest BCUT2D eigenvalue weighted by Gasteiger charge is -2.37. The van der Waals surface area contributed by atoms with E-state index in [0.29, 0.717) is 25.2 Å². The summed E-state index contributed by atoms with van der Waals surface area (Å²) < 4.78 is 0. The Hall–Kier alpha value is -2.35. The van der Waals surface area contributed by atoms with Crippen LogP contribution in [-0.4, -0.2) is 41.2 Å². The molecule has 1 heterocycles. The van der Waals surface area contributed by atoms with E-state index in [1.165, 1.54) is 0 Å². The van der Waals surface area contributed by atoms with E-state index in [1.807, 2.05) is 49.6 Å². The molecule has 0 bridgehead atoms. The van der Waals surface area contributed by atoms with Gasteiger partial charge in [0.25, 0.3) is 0 Å². The highest BCUT2D eigenvalue weighted by Crippen LogP contribution is 2.27. The van der Waals surface area contributed by atoms with Crippen LogP contribution in [0.25, 0.3) is 0 Å². The average Bonchev–Trinajstić information content (AvgIpc) is 2.67. The minimum atomic E-state index is -0.0319. The lowest BCUT2D eigenvalue weighted by atomic mass is 9.93. The number of hydrogen-bond acceptors (Lipinski definition) is 3. The van der Waals surface area contributed by atoms with Gasteiger partial charge in [-0.2, -0.15) is 5.26 Å². The maximum Gasteiger partial charge on any atom is 0.226 e. The smallest absolute Gasteiger partial charge is 0.226 e. The maximum absolute atomic E-state index is 13.0. The zero-order valence-corrected chi connectivity index (χ0v) is 16.2. The van der Waals surface area contributed by atoms with Gasteiger partial charge in [-0.1, -0.05) is 26.0 Å². The van der Waals surface area contributed by atoms with E-state index >= 15 is 0 Å². The highest BCUT2D eigenvalue weighted by atomic mass is 16.2. The fourth-order valence-electron chi connectivity index (χ4n) is 3.58. The summed E-state index contributed by atoms with van der Waals surface area (Å²) in [4.78, 5) is 29.0. The van der Waals surface area contributed by atoms with Crippen LogP contribution in [0, 0.1) is 23.2 Å². The Morgan fingerprint density at radius 3 is 2.23 bits per heavy atom. The molecule has 0 spiro atoms. The molecule has 0 radical (unpaired) electrons. The van der Waals surface area contributed by atoms with Gasteiger partial charge < -0.3 is 9.80 Å². The third-order valence-corrected chi connectivity index (χ3v) is 5.26. The van der Waals surface area contributed by atoms with Crippen molar-refractivity contribution in [1.29, 1.82) is 5.26 Å². The molecule has 1 aliphatic heterocycles. The first-order chi connectivity index (χ1) is 12.4. The van der Waals surface area contributed by atoms with Gasteiger partial charge in [0.2, 0.25) is 11.8 Å². The van der Waals surface area contributed by atoms with Crippen LogP contribution >= 0.6 is 0 Å². The molecule has 1 atom stereocenters. The van der Waals surface area contributed by atoms with E-state index in [0.717, 1.165) is 18.4 Å². The molecule has 1 fully saturated rings. The summed E-state index contributed by atoms with van der Waals surface area (Å²) in [5, 5.41) is 8.93. The van der Waals surface area contributed by atoms with Gasteiger partial charge in [-0.05, 0) is 44.4 Å². The molecule has 0 saturated carbocycles. The fourth-order valence-corrected chi connectivity index (χ4v) is 3.58. The number of carbonyl (C=O) groups excluding carboxylic acids is 2. The highest BCUT2D eigenvalue weighted by Gasteiger charge is 2.32. The first-order valence-corrected chi connectivity index (χ1v) is 9.48. The zero-order chi connectivity index (χ0) is 19.3. The molecule has 0 aromatic heterocycles. The molecule has 1 aromatic carbocycles. The third-order valence-electron chi connectivity index (χ3n) is 5.26. The Kier molecular flexibility index (Phi) is 6.79. The van der Waals surface area contributed by atoms with Crippen LogP contribution in [0.1, 0.15) is 57.7 Å². The van der Waals surface area contributed by atoms with Crippen LogP contribution in [-0.2, 0) is 9.59 Å². The fraction of sp³-hybridized carbons (Fsp3) is 0.571. The quantitative estimate of drug-likeness (QED) is 0.813. The molecule has 0 aliphatic carbocycles. The van der Waals surface area contributed by atoms with Crippen LogP contribution < -0.4 is 0 Å². The van der Waals surface area contributed by atoms with Crippen molar-refractivity contribution >= 4 is 11.8 Å². The molecular weight excluding hydrogens is 326 g/mol. The number of rotatable bonds is 5. The van der Waals surface area contributed by atoms with Crippen molar-refractivity contribution in [3.05, 3.63) is 35.4 Å². The first kappa shape index (κ1) is 20.0. The summed E-state index contributed by atoms with van der Waals surface area (Å²) >= 11 is 0. The molecule has 2 amide bonds. The minimum Gasteiger partial charge on any atom is -0.342 e. The van der Waals surface area contributed by atoms with Crippen LogP contribution in [0.5, 0.6) is 0 Å². The second-order valence-electron chi connectivity index (χ2n) is 7.29. The van der Waals surface area contributed by atoms with E-state index in [-0.39, 0.29) is 29.7 Å². The number of likely N-dealkylation sites (tertiary alicyclic amines) is 1.